The lowest BCUT2D eigenvalue weighted by atomic mass is 10.1. The minimum Gasteiger partial charge on any atom is -0.444 e. The summed E-state index contributed by atoms with van der Waals surface area (Å²) in [6, 6.07) is 7.66. The number of anilines is 2. The number of hydrogen-bond donors (Lipinski definition) is 2. The van der Waals surface area contributed by atoms with Crippen molar-refractivity contribution in [1.82, 2.24) is 39.3 Å². The van der Waals surface area contributed by atoms with Crippen LogP contribution >= 0.6 is 0 Å². The molecule has 0 saturated carbocycles. The molecule has 198 valence electrons. The first-order valence-electron chi connectivity index (χ1n) is 12.6. The number of ether oxygens (including phenoxy) is 1. The number of nitrogens with zero attached hydrogens (tertiary/aromatic N) is 7. The van der Waals surface area contributed by atoms with Gasteiger partial charge >= 0.3 is 6.09 Å². The SMILES string of the molecule is CC(C)(C)OC(=O)N1CCC(NC(=O)c2cnc(Nc3ccn(Cc4cn5ccccc5n4)n3)nc2)CC1. The lowest BCUT2D eigenvalue weighted by molar-refractivity contribution is 0.0199. The molecule has 1 aliphatic heterocycles. The third kappa shape index (κ3) is 6.25. The molecule has 0 radical (unpaired) electrons. The fraction of sp³-hybridized carbons (Fsp3) is 0.385. The van der Waals surface area contributed by atoms with Gasteiger partial charge < -0.3 is 24.7 Å². The minimum atomic E-state index is -0.529. The predicted molar refractivity (Wildman–Crippen MR) is 140 cm³/mol. The van der Waals surface area contributed by atoms with Gasteiger partial charge in [0.05, 0.1) is 17.8 Å². The maximum Gasteiger partial charge on any atom is 0.410 e. The number of aromatic nitrogens is 6. The second kappa shape index (κ2) is 10.5. The third-order valence-electron chi connectivity index (χ3n) is 6.01. The van der Waals surface area contributed by atoms with Crippen LogP contribution in [-0.4, -0.2) is 70.8 Å². The zero-order valence-corrected chi connectivity index (χ0v) is 21.7. The quantitative estimate of drug-likeness (QED) is 0.398. The molecule has 1 aliphatic rings. The van der Waals surface area contributed by atoms with Crippen LogP contribution in [0.5, 0.6) is 0 Å². The van der Waals surface area contributed by atoms with Gasteiger partial charge in [0, 0.05) is 56.2 Å². The molecule has 0 atom stereocenters. The Labute approximate surface area is 220 Å². The van der Waals surface area contributed by atoms with Crippen molar-refractivity contribution in [2.75, 3.05) is 18.4 Å². The Kier molecular flexibility index (Phi) is 6.95. The first-order chi connectivity index (χ1) is 18.2. The summed E-state index contributed by atoms with van der Waals surface area (Å²) in [6.45, 7) is 7.12. The van der Waals surface area contributed by atoms with Crippen molar-refractivity contribution in [3.63, 3.8) is 0 Å². The van der Waals surface area contributed by atoms with Gasteiger partial charge in [-0.1, -0.05) is 6.07 Å². The molecule has 2 N–H and O–H groups in total. The lowest BCUT2D eigenvalue weighted by Crippen LogP contribution is -2.47. The van der Waals surface area contributed by atoms with E-state index in [1.54, 1.807) is 9.58 Å². The number of nitrogens with one attached hydrogen (secondary N) is 2. The number of amides is 2. The molecule has 0 aliphatic carbocycles. The number of imidazole rings is 1. The predicted octanol–water partition coefficient (Wildman–Crippen LogP) is 3.24. The molecule has 1 saturated heterocycles. The lowest BCUT2D eigenvalue weighted by Gasteiger charge is -2.33. The van der Waals surface area contributed by atoms with E-state index in [9.17, 15) is 9.59 Å². The standard InChI is InChI=1S/C26H31N9O3/c1-26(2,3)38-25(37)33-11-7-19(8-12-33)30-23(36)18-14-27-24(28-15-18)31-21-9-13-35(32-21)17-20-16-34-10-5-4-6-22(34)29-20/h4-6,9-10,13-16,19H,7-8,11-12,17H2,1-3H3,(H,30,36)(H,27,28,31,32). The van der Waals surface area contributed by atoms with Crippen LogP contribution in [0.2, 0.25) is 0 Å². The molecule has 12 heteroatoms. The smallest absolute Gasteiger partial charge is 0.410 e. The van der Waals surface area contributed by atoms with Crippen molar-refractivity contribution in [1.29, 1.82) is 0 Å². The third-order valence-corrected chi connectivity index (χ3v) is 6.01. The summed E-state index contributed by atoms with van der Waals surface area (Å²) in [6.07, 6.45) is 9.73. The van der Waals surface area contributed by atoms with Gasteiger partial charge in [0.25, 0.3) is 5.91 Å². The van der Waals surface area contributed by atoms with Gasteiger partial charge in [-0.3, -0.25) is 9.48 Å². The zero-order chi connectivity index (χ0) is 26.7. The van der Waals surface area contributed by atoms with Crippen LogP contribution in [-0.2, 0) is 11.3 Å². The second-order valence-electron chi connectivity index (χ2n) is 10.2. The van der Waals surface area contributed by atoms with E-state index in [1.165, 1.54) is 12.4 Å². The van der Waals surface area contributed by atoms with Gasteiger partial charge in [0.15, 0.2) is 5.82 Å². The molecule has 38 heavy (non-hydrogen) atoms. The summed E-state index contributed by atoms with van der Waals surface area (Å²) in [5, 5.41) is 10.6. The Morgan fingerprint density at radius 1 is 1.08 bits per heavy atom. The van der Waals surface area contributed by atoms with Gasteiger partial charge in [0.2, 0.25) is 5.95 Å². The van der Waals surface area contributed by atoms with E-state index in [4.69, 9.17) is 4.74 Å². The molecule has 4 aromatic heterocycles. The summed E-state index contributed by atoms with van der Waals surface area (Å²) in [5.41, 5.74) is 1.62. The van der Waals surface area contributed by atoms with Crippen molar-refractivity contribution in [2.24, 2.45) is 0 Å². The van der Waals surface area contributed by atoms with Crippen LogP contribution in [0.3, 0.4) is 0 Å². The number of rotatable bonds is 6. The van der Waals surface area contributed by atoms with Crippen LogP contribution in [0.4, 0.5) is 16.6 Å². The van der Waals surface area contributed by atoms with E-state index in [1.807, 2.05) is 68.0 Å². The molecular weight excluding hydrogens is 486 g/mol. The van der Waals surface area contributed by atoms with Gasteiger partial charge in [-0.05, 0) is 45.7 Å². The van der Waals surface area contributed by atoms with Gasteiger partial charge in [0.1, 0.15) is 11.2 Å². The highest BCUT2D eigenvalue weighted by molar-refractivity contribution is 5.93. The van der Waals surface area contributed by atoms with Crippen molar-refractivity contribution in [3.8, 4) is 0 Å². The van der Waals surface area contributed by atoms with E-state index in [2.05, 4.69) is 30.7 Å². The molecule has 4 aromatic rings. The van der Waals surface area contributed by atoms with Crippen molar-refractivity contribution >= 4 is 29.4 Å². The number of carbonyl (C=O) groups is 2. The average Bonchev–Trinajstić information content (AvgIpc) is 3.50. The van der Waals surface area contributed by atoms with Crippen LogP contribution < -0.4 is 10.6 Å². The Morgan fingerprint density at radius 2 is 1.84 bits per heavy atom. The van der Waals surface area contributed by atoms with Crippen LogP contribution in [0.25, 0.3) is 5.65 Å². The fourth-order valence-electron chi connectivity index (χ4n) is 4.17. The zero-order valence-electron chi connectivity index (χ0n) is 21.7. The molecule has 0 bridgehead atoms. The normalized spacial score (nSPS) is 14.4. The highest BCUT2D eigenvalue weighted by Crippen LogP contribution is 2.16. The van der Waals surface area contributed by atoms with Crippen LogP contribution in [0.15, 0.2) is 55.2 Å². The number of hydrogen-bond acceptors (Lipinski definition) is 8. The first kappa shape index (κ1) is 25.2. The van der Waals surface area contributed by atoms with Crippen molar-refractivity contribution in [3.05, 3.63) is 66.5 Å². The van der Waals surface area contributed by atoms with Crippen molar-refractivity contribution in [2.45, 2.75) is 51.8 Å². The van der Waals surface area contributed by atoms with Crippen LogP contribution in [0, 0.1) is 0 Å². The Bertz CT molecular complexity index is 1380. The molecule has 2 amide bonds. The molecule has 5 heterocycles. The number of likely N-dealkylation sites (tertiary alicyclic amines) is 1. The monoisotopic (exact) mass is 517 g/mol. The number of pyridine rings is 1. The summed E-state index contributed by atoms with van der Waals surface area (Å²) in [4.78, 5) is 39.7. The van der Waals surface area contributed by atoms with Crippen LogP contribution in [0.1, 0.15) is 49.7 Å². The Morgan fingerprint density at radius 3 is 2.55 bits per heavy atom. The maximum absolute atomic E-state index is 12.7. The van der Waals surface area contributed by atoms with E-state index < -0.39 is 5.60 Å². The Hall–Kier alpha value is -4.48. The topological polar surface area (TPSA) is 132 Å². The summed E-state index contributed by atoms with van der Waals surface area (Å²) in [7, 11) is 0. The number of piperidine rings is 1. The average molecular weight is 518 g/mol. The molecule has 1 fully saturated rings. The van der Waals surface area contributed by atoms with Gasteiger partial charge in [-0.25, -0.2) is 19.7 Å². The second-order valence-corrected chi connectivity index (χ2v) is 10.2. The Balaban J connectivity index is 1.10. The molecule has 12 nitrogen and oxygen atoms in total. The summed E-state index contributed by atoms with van der Waals surface area (Å²) >= 11 is 0. The largest absolute Gasteiger partial charge is 0.444 e. The minimum absolute atomic E-state index is 0.0316. The molecule has 5 rings (SSSR count). The highest BCUT2D eigenvalue weighted by Gasteiger charge is 2.27. The number of carbonyl (C=O) groups excluding carboxylic acids is 2. The summed E-state index contributed by atoms with van der Waals surface area (Å²) < 4.78 is 9.17. The molecule has 0 unspecified atom stereocenters. The van der Waals surface area contributed by atoms with E-state index in [0.29, 0.717) is 49.8 Å². The first-order valence-corrected chi connectivity index (χ1v) is 12.6. The molecule has 0 aromatic carbocycles. The van der Waals surface area contributed by atoms with E-state index in [-0.39, 0.29) is 18.0 Å². The molecular formula is C26H31N9O3. The van der Waals surface area contributed by atoms with E-state index in [0.717, 1.165) is 11.3 Å². The fourth-order valence-corrected chi connectivity index (χ4v) is 4.17. The highest BCUT2D eigenvalue weighted by atomic mass is 16.6. The van der Waals surface area contributed by atoms with Gasteiger partial charge in [-0.2, -0.15) is 5.10 Å². The van der Waals surface area contributed by atoms with Crippen molar-refractivity contribution < 1.29 is 14.3 Å². The number of fused-ring (bicyclic) bond motifs is 1. The maximum atomic E-state index is 12.7. The van der Waals surface area contributed by atoms with Gasteiger partial charge in [-0.15, -0.1) is 0 Å². The molecule has 0 spiro atoms. The van der Waals surface area contributed by atoms with E-state index >= 15 is 0 Å². The summed E-state index contributed by atoms with van der Waals surface area (Å²) in [5.74, 6) is 0.678.